The van der Waals surface area contributed by atoms with Crippen LogP contribution in [0.15, 0.2) is 192 Å². The van der Waals surface area contributed by atoms with Gasteiger partial charge in [-0.25, -0.2) is 0 Å². The molecule has 12 rings (SSSR count). The summed E-state index contributed by atoms with van der Waals surface area (Å²) in [6, 6.07) is 66.2. The maximum absolute atomic E-state index is 6.91. The number of hydrogen-bond acceptors (Lipinski definition) is 4. The Labute approximate surface area is 319 Å². The number of benzene rings is 8. The number of fused-ring (bicyclic) bond motifs is 16. The molecule has 0 atom stereocenters. The quantitative estimate of drug-likeness (QED) is 0.172. The topological polar surface area (TPSA) is 27.7 Å². The Kier molecular flexibility index (Phi) is 6.32. The molecule has 0 saturated heterocycles. The molecule has 4 aliphatic heterocycles. The van der Waals surface area contributed by atoms with Crippen LogP contribution in [-0.2, 0) is 0 Å². The predicted molar refractivity (Wildman–Crippen MR) is 223 cm³/mol. The minimum absolute atomic E-state index is 0.895. The van der Waals surface area contributed by atoms with E-state index in [2.05, 4.69) is 182 Å². The van der Waals surface area contributed by atoms with E-state index in [-0.39, 0.29) is 0 Å². The van der Waals surface area contributed by atoms with Crippen molar-refractivity contribution in [2.75, 3.05) is 0 Å². The lowest BCUT2D eigenvalue weighted by Gasteiger charge is -2.43. The summed E-state index contributed by atoms with van der Waals surface area (Å²) in [6.45, 7) is 0. The van der Waals surface area contributed by atoms with Gasteiger partial charge in [-0.1, -0.05) is 145 Å². The highest BCUT2D eigenvalue weighted by atomic mass is 32.2. The predicted octanol–water partition coefficient (Wildman–Crippen LogP) is 6.89. The van der Waals surface area contributed by atoms with Gasteiger partial charge in [0.15, 0.2) is 16.1 Å². The summed E-state index contributed by atoms with van der Waals surface area (Å²) >= 11 is 1.88. The standard InChI is InChI=1S/C48H30O3SSi2/c1-7-19-41-33(13-1)49-34-14-2-8-20-42(34)53(41)43-21-9-3-15-35(43)50-37-29-31(25-27-45(37)53)32-26-28-46-38(30-32)51-36-16-4-10-22-44(36)54(46)47-23-11-5-17-39(47)52-40-18-6-12-24-48(40)54/h1-30H. The molecule has 6 heteroatoms. The molecule has 0 bridgehead atoms. The normalized spacial score (nSPS) is 15.3. The molecule has 4 heterocycles. The van der Waals surface area contributed by atoms with Gasteiger partial charge in [0.25, 0.3) is 0 Å². The zero-order chi connectivity index (χ0) is 35.4. The summed E-state index contributed by atoms with van der Waals surface area (Å²) in [5.41, 5.74) is 2.18. The lowest BCUT2D eigenvalue weighted by atomic mass is 10.0. The molecular formula is C48H30O3SSi2. The van der Waals surface area contributed by atoms with Crippen LogP contribution >= 0.6 is 11.8 Å². The van der Waals surface area contributed by atoms with Crippen LogP contribution in [0.5, 0.6) is 34.5 Å². The van der Waals surface area contributed by atoms with Crippen LogP contribution in [0.4, 0.5) is 0 Å². The van der Waals surface area contributed by atoms with Gasteiger partial charge >= 0.3 is 0 Å². The number of ether oxygens (including phenoxy) is 3. The average Bonchev–Trinajstić information content (AvgIpc) is 3.23. The first-order chi connectivity index (χ1) is 26.7. The third-order valence-electron chi connectivity index (χ3n) is 11.7. The smallest absolute Gasteiger partial charge is 0.196 e. The highest BCUT2D eigenvalue weighted by molar-refractivity contribution is 8.00. The summed E-state index contributed by atoms with van der Waals surface area (Å²) in [5.74, 6) is 5.52. The number of para-hydroxylation sites is 4. The van der Waals surface area contributed by atoms with Crippen molar-refractivity contribution in [3.05, 3.63) is 182 Å². The van der Waals surface area contributed by atoms with Crippen LogP contribution in [0.2, 0.25) is 0 Å². The van der Waals surface area contributed by atoms with E-state index in [1.165, 1.54) is 51.3 Å². The van der Waals surface area contributed by atoms with Crippen LogP contribution in [-0.4, -0.2) is 16.1 Å². The molecule has 0 aliphatic carbocycles. The molecule has 254 valence electrons. The Morgan fingerprint density at radius 1 is 0.278 bits per heavy atom. The van der Waals surface area contributed by atoms with E-state index in [1.54, 1.807) is 0 Å². The molecule has 0 N–H and O–H groups in total. The van der Waals surface area contributed by atoms with E-state index >= 15 is 0 Å². The lowest BCUT2D eigenvalue weighted by molar-refractivity contribution is 0.481. The van der Waals surface area contributed by atoms with Gasteiger partial charge in [-0.05, 0) is 101 Å². The van der Waals surface area contributed by atoms with Crippen LogP contribution in [0.1, 0.15) is 0 Å². The van der Waals surface area contributed by atoms with Crippen LogP contribution in [0.25, 0.3) is 11.1 Å². The SMILES string of the molecule is c1ccc2c(c1)Oc1ccccc1[Si]21c2ccccc2Oc2cc(-c3ccc4c(c3)Oc3ccccc3[Si]43c4ccccc4Sc4ccccc43)ccc21. The van der Waals surface area contributed by atoms with Gasteiger partial charge in [-0.3, -0.25) is 0 Å². The van der Waals surface area contributed by atoms with Gasteiger partial charge in [0.2, 0.25) is 0 Å². The highest BCUT2D eigenvalue weighted by Gasteiger charge is 2.54. The van der Waals surface area contributed by atoms with Gasteiger partial charge in [-0.15, -0.1) is 0 Å². The van der Waals surface area contributed by atoms with Gasteiger partial charge < -0.3 is 14.2 Å². The van der Waals surface area contributed by atoms with Crippen molar-refractivity contribution in [2.45, 2.75) is 9.79 Å². The number of rotatable bonds is 1. The summed E-state index contributed by atoms with van der Waals surface area (Å²) in [6.07, 6.45) is 0. The molecular weight excluding hydrogens is 713 g/mol. The van der Waals surface area contributed by atoms with E-state index in [9.17, 15) is 0 Å². The van der Waals surface area contributed by atoms with Gasteiger partial charge in [0, 0.05) is 9.79 Å². The maximum atomic E-state index is 6.91. The van der Waals surface area contributed by atoms with Crippen molar-refractivity contribution in [1.82, 2.24) is 0 Å². The second-order valence-electron chi connectivity index (χ2n) is 14.3. The summed E-state index contributed by atoms with van der Waals surface area (Å²) in [5, 5.41) is 10.4. The first-order valence-electron chi connectivity index (χ1n) is 18.3. The van der Waals surface area contributed by atoms with Gasteiger partial charge in [0.1, 0.15) is 34.5 Å². The lowest BCUT2D eigenvalue weighted by Crippen LogP contribution is -2.77. The van der Waals surface area contributed by atoms with Crippen molar-refractivity contribution in [3.8, 4) is 45.6 Å². The van der Waals surface area contributed by atoms with Crippen LogP contribution in [0, 0.1) is 0 Å². The maximum Gasteiger partial charge on any atom is 0.196 e. The molecule has 8 aromatic rings. The van der Waals surface area contributed by atoms with Crippen molar-refractivity contribution >= 4 is 69.4 Å². The van der Waals surface area contributed by atoms with E-state index < -0.39 is 16.1 Å². The average molecular weight is 743 g/mol. The minimum Gasteiger partial charge on any atom is -0.458 e. The fraction of sp³-hybridized carbons (Fsp3) is 0. The monoisotopic (exact) mass is 742 g/mol. The Bertz CT molecular complexity index is 2560. The van der Waals surface area contributed by atoms with Crippen molar-refractivity contribution in [3.63, 3.8) is 0 Å². The fourth-order valence-electron chi connectivity index (χ4n) is 9.60. The highest BCUT2D eigenvalue weighted by Crippen LogP contribution is 2.41. The first-order valence-corrected chi connectivity index (χ1v) is 23.1. The van der Waals surface area contributed by atoms with E-state index in [0.717, 1.165) is 45.6 Å². The fourth-order valence-corrected chi connectivity index (χ4v) is 21.8. The Balaban J connectivity index is 1.07. The van der Waals surface area contributed by atoms with E-state index in [4.69, 9.17) is 14.2 Å². The van der Waals surface area contributed by atoms with E-state index in [1.807, 2.05) is 11.8 Å². The third-order valence-corrected chi connectivity index (χ3v) is 23.1. The van der Waals surface area contributed by atoms with Crippen LogP contribution < -0.4 is 55.7 Å². The van der Waals surface area contributed by atoms with E-state index in [0.29, 0.717) is 0 Å². The number of hydrogen-bond donors (Lipinski definition) is 0. The molecule has 0 saturated carbocycles. The zero-order valence-electron chi connectivity index (χ0n) is 29.0. The molecule has 2 spiro atoms. The Hall–Kier alpha value is -6.06. The van der Waals surface area contributed by atoms with Gasteiger partial charge in [-0.2, -0.15) is 0 Å². The zero-order valence-corrected chi connectivity index (χ0v) is 31.8. The van der Waals surface area contributed by atoms with Crippen molar-refractivity contribution in [1.29, 1.82) is 0 Å². The van der Waals surface area contributed by atoms with Gasteiger partial charge in [0.05, 0.1) is 0 Å². The van der Waals surface area contributed by atoms with Crippen LogP contribution in [0.3, 0.4) is 0 Å². The molecule has 0 radical (unpaired) electrons. The summed E-state index contributed by atoms with van der Waals surface area (Å²) < 4.78 is 20.4. The molecule has 0 fully saturated rings. The summed E-state index contributed by atoms with van der Waals surface area (Å²) in [4.78, 5) is 2.66. The first kappa shape index (κ1) is 30.4. The largest absolute Gasteiger partial charge is 0.458 e. The second kappa shape index (κ2) is 11.2. The molecule has 0 aromatic heterocycles. The molecule has 3 nitrogen and oxygen atoms in total. The Morgan fingerprint density at radius 3 is 0.981 bits per heavy atom. The molecule has 8 aromatic carbocycles. The molecule has 0 amide bonds. The second-order valence-corrected chi connectivity index (χ2v) is 22.7. The van der Waals surface area contributed by atoms with Crippen molar-refractivity contribution < 1.29 is 14.2 Å². The summed E-state index contributed by atoms with van der Waals surface area (Å²) in [7, 11) is -5.52. The third kappa shape index (κ3) is 3.92. The molecule has 0 unspecified atom stereocenters. The molecule has 4 aliphatic rings. The minimum atomic E-state index is -2.80. The molecule has 54 heavy (non-hydrogen) atoms. The van der Waals surface area contributed by atoms with Crippen molar-refractivity contribution in [2.24, 2.45) is 0 Å². The Morgan fingerprint density at radius 2 is 0.574 bits per heavy atom.